The summed E-state index contributed by atoms with van der Waals surface area (Å²) in [5.74, 6) is 6.03. The molecule has 0 unspecified atom stereocenters. The first-order valence-corrected chi connectivity index (χ1v) is 12.1. The predicted molar refractivity (Wildman–Crippen MR) is 113 cm³/mol. The SMILES string of the molecule is COc1cc(C2SCCS2)ccc1OCC(=O)N[C@@H](C)[C@@H]1C[C@H]2CC[C@H]1C2. The molecule has 2 aliphatic carbocycles. The lowest BCUT2D eigenvalue weighted by molar-refractivity contribution is -0.124. The van der Waals surface area contributed by atoms with Gasteiger partial charge in [-0.1, -0.05) is 12.5 Å². The highest BCUT2D eigenvalue weighted by molar-refractivity contribution is 8.19. The molecule has 4 rings (SSSR count). The lowest BCUT2D eigenvalue weighted by Gasteiger charge is -2.28. The Balaban J connectivity index is 1.30. The van der Waals surface area contributed by atoms with Crippen LogP contribution in [0.1, 0.15) is 42.8 Å². The lowest BCUT2D eigenvalue weighted by Crippen LogP contribution is -2.42. The van der Waals surface area contributed by atoms with Gasteiger partial charge in [-0.15, -0.1) is 23.5 Å². The largest absolute Gasteiger partial charge is 0.493 e. The molecule has 1 aromatic rings. The van der Waals surface area contributed by atoms with Gasteiger partial charge in [-0.3, -0.25) is 4.79 Å². The number of carbonyl (C=O) groups is 1. The van der Waals surface area contributed by atoms with Crippen LogP contribution >= 0.6 is 23.5 Å². The second kappa shape index (κ2) is 8.56. The van der Waals surface area contributed by atoms with Crippen LogP contribution in [0.25, 0.3) is 0 Å². The summed E-state index contributed by atoms with van der Waals surface area (Å²) in [6.07, 6.45) is 5.37. The Hall–Kier alpha value is -1.01. The van der Waals surface area contributed by atoms with E-state index in [1.54, 1.807) is 7.11 Å². The number of rotatable bonds is 7. The van der Waals surface area contributed by atoms with Gasteiger partial charge in [-0.2, -0.15) is 0 Å². The number of nitrogens with one attached hydrogen (secondary N) is 1. The molecule has 1 N–H and O–H groups in total. The molecule has 6 heteroatoms. The molecule has 3 aliphatic rings. The van der Waals surface area contributed by atoms with Crippen LogP contribution in [0.2, 0.25) is 0 Å². The average molecular weight is 408 g/mol. The van der Waals surface area contributed by atoms with Crippen molar-refractivity contribution >= 4 is 29.4 Å². The Labute approximate surface area is 170 Å². The molecule has 1 aliphatic heterocycles. The van der Waals surface area contributed by atoms with Crippen molar-refractivity contribution in [2.75, 3.05) is 25.2 Å². The van der Waals surface area contributed by atoms with Crippen molar-refractivity contribution in [2.24, 2.45) is 17.8 Å². The van der Waals surface area contributed by atoms with Gasteiger partial charge in [0.25, 0.3) is 5.91 Å². The third-order valence-electron chi connectivity index (χ3n) is 6.26. The number of methoxy groups -OCH3 is 1. The Kier molecular flexibility index (Phi) is 6.12. The summed E-state index contributed by atoms with van der Waals surface area (Å²) in [6, 6.07) is 6.29. The van der Waals surface area contributed by atoms with Crippen LogP contribution < -0.4 is 14.8 Å². The van der Waals surface area contributed by atoms with E-state index in [9.17, 15) is 4.79 Å². The number of hydrogen-bond donors (Lipinski definition) is 1. The number of carbonyl (C=O) groups excluding carboxylic acids is 1. The molecule has 0 spiro atoms. The number of hydrogen-bond acceptors (Lipinski definition) is 5. The molecule has 2 saturated carbocycles. The molecule has 0 aromatic heterocycles. The van der Waals surface area contributed by atoms with E-state index in [2.05, 4.69) is 18.3 Å². The predicted octanol–water partition coefficient (Wildman–Crippen LogP) is 4.49. The molecule has 1 heterocycles. The van der Waals surface area contributed by atoms with Crippen molar-refractivity contribution in [1.29, 1.82) is 0 Å². The first-order chi connectivity index (χ1) is 13.1. The minimum absolute atomic E-state index is 0.0355. The van der Waals surface area contributed by atoms with Gasteiger partial charge in [0.1, 0.15) is 0 Å². The van der Waals surface area contributed by atoms with Crippen molar-refractivity contribution in [2.45, 2.75) is 43.2 Å². The Bertz CT molecular complexity index is 677. The first-order valence-electron chi connectivity index (χ1n) is 9.97. The fraction of sp³-hybridized carbons (Fsp3) is 0.667. The van der Waals surface area contributed by atoms with Gasteiger partial charge in [-0.05, 0) is 61.6 Å². The Morgan fingerprint density at radius 2 is 2.04 bits per heavy atom. The zero-order valence-corrected chi connectivity index (χ0v) is 17.7. The molecule has 2 bridgehead atoms. The number of ether oxygens (including phenoxy) is 2. The number of benzene rings is 1. The molecule has 0 radical (unpaired) electrons. The van der Waals surface area contributed by atoms with Gasteiger partial charge in [0.2, 0.25) is 0 Å². The van der Waals surface area contributed by atoms with Crippen LogP contribution in [0.3, 0.4) is 0 Å². The number of fused-ring (bicyclic) bond motifs is 2. The summed E-state index contributed by atoms with van der Waals surface area (Å²) < 4.78 is 11.8. The Morgan fingerprint density at radius 3 is 2.70 bits per heavy atom. The molecule has 1 amide bonds. The summed E-state index contributed by atoms with van der Waals surface area (Å²) in [5.41, 5.74) is 1.25. The summed E-state index contributed by atoms with van der Waals surface area (Å²) in [6.45, 7) is 2.18. The second-order valence-corrected chi connectivity index (χ2v) is 10.7. The molecule has 27 heavy (non-hydrogen) atoms. The van der Waals surface area contributed by atoms with E-state index in [4.69, 9.17) is 9.47 Å². The molecular formula is C21H29NO3S2. The second-order valence-electron chi connectivity index (χ2n) is 7.97. The van der Waals surface area contributed by atoms with Gasteiger partial charge in [-0.25, -0.2) is 0 Å². The highest BCUT2D eigenvalue weighted by Crippen LogP contribution is 2.49. The first kappa shape index (κ1) is 19.3. The van der Waals surface area contributed by atoms with Crippen molar-refractivity contribution in [3.05, 3.63) is 23.8 Å². The van der Waals surface area contributed by atoms with Crippen LogP contribution in [0.5, 0.6) is 11.5 Å². The third-order valence-corrected chi connectivity index (χ3v) is 9.37. The van der Waals surface area contributed by atoms with Crippen molar-refractivity contribution in [1.82, 2.24) is 5.32 Å². The van der Waals surface area contributed by atoms with Gasteiger partial charge >= 0.3 is 0 Å². The van der Waals surface area contributed by atoms with Crippen LogP contribution in [-0.4, -0.2) is 37.2 Å². The third kappa shape index (κ3) is 4.37. The van der Waals surface area contributed by atoms with Crippen molar-refractivity contribution in [3.63, 3.8) is 0 Å². The van der Waals surface area contributed by atoms with E-state index in [1.165, 1.54) is 42.8 Å². The highest BCUT2D eigenvalue weighted by Gasteiger charge is 2.42. The van der Waals surface area contributed by atoms with E-state index in [-0.39, 0.29) is 18.6 Å². The van der Waals surface area contributed by atoms with Gasteiger partial charge < -0.3 is 14.8 Å². The van der Waals surface area contributed by atoms with E-state index in [1.807, 2.05) is 35.7 Å². The van der Waals surface area contributed by atoms with Gasteiger partial charge in [0.15, 0.2) is 18.1 Å². The molecule has 4 nitrogen and oxygen atoms in total. The standard InChI is InChI=1S/C21H29NO3S2/c1-13(17-10-14-3-4-15(17)9-14)22-20(23)12-25-18-6-5-16(11-19(18)24-2)21-26-7-8-27-21/h5-6,11,13-15,17,21H,3-4,7-10,12H2,1-2H3,(H,22,23)/t13-,14-,15-,17-/m0/s1. The topological polar surface area (TPSA) is 47.6 Å². The normalized spacial score (nSPS) is 28.3. The maximum Gasteiger partial charge on any atom is 0.258 e. The fourth-order valence-corrected chi connectivity index (χ4v) is 7.79. The zero-order valence-electron chi connectivity index (χ0n) is 16.1. The molecule has 3 fully saturated rings. The van der Waals surface area contributed by atoms with Gasteiger partial charge in [0, 0.05) is 17.5 Å². The van der Waals surface area contributed by atoms with E-state index in [0.717, 1.165) is 11.8 Å². The minimum Gasteiger partial charge on any atom is -0.493 e. The molecule has 1 saturated heterocycles. The Morgan fingerprint density at radius 1 is 1.22 bits per heavy atom. The summed E-state index contributed by atoms with van der Waals surface area (Å²) in [5, 5.41) is 3.16. The number of amides is 1. The average Bonchev–Trinajstić information content (AvgIpc) is 3.44. The van der Waals surface area contributed by atoms with Crippen LogP contribution in [-0.2, 0) is 4.79 Å². The highest BCUT2D eigenvalue weighted by atomic mass is 32.2. The van der Waals surface area contributed by atoms with Gasteiger partial charge in [0.05, 0.1) is 11.7 Å². The smallest absolute Gasteiger partial charge is 0.258 e. The van der Waals surface area contributed by atoms with E-state index < -0.39 is 0 Å². The van der Waals surface area contributed by atoms with E-state index >= 15 is 0 Å². The lowest BCUT2D eigenvalue weighted by atomic mass is 9.84. The van der Waals surface area contributed by atoms with E-state index in [0.29, 0.717) is 22.0 Å². The number of thioether (sulfide) groups is 2. The van der Waals surface area contributed by atoms with Crippen LogP contribution in [0.4, 0.5) is 0 Å². The summed E-state index contributed by atoms with van der Waals surface area (Å²) in [7, 11) is 1.65. The molecule has 148 valence electrons. The summed E-state index contributed by atoms with van der Waals surface area (Å²) >= 11 is 3.93. The molecule has 1 aromatic carbocycles. The molecular weight excluding hydrogens is 378 g/mol. The minimum atomic E-state index is -0.0432. The maximum atomic E-state index is 12.4. The maximum absolute atomic E-state index is 12.4. The summed E-state index contributed by atoms with van der Waals surface area (Å²) in [4.78, 5) is 12.4. The van der Waals surface area contributed by atoms with Crippen molar-refractivity contribution < 1.29 is 14.3 Å². The fourth-order valence-electron chi connectivity index (χ4n) is 4.95. The van der Waals surface area contributed by atoms with Crippen LogP contribution in [0.15, 0.2) is 18.2 Å². The monoisotopic (exact) mass is 407 g/mol. The zero-order chi connectivity index (χ0) is 18.8. The quantitative estimate of drug-likeness (QED) is 0.721. The van der Waals surface area contributed by atoms with Crippen molar-refractivity contribution in [3.8, 4) is 11.5 Å². The molecule has 4 atom stereocenters. The van der Waals surface area contributed by atoms with Crippen LogP contribution in [0, 0.1) is 17.8 Å².